The van der Waals surface area contributed by atoms with Gasteiger partial charge in [0.1, 0.15) is 5.82 Å². The minimum Gasteiger partial charge on any atom is -0.338 e. The van der Waals surface area contributed by atoms with E-state index in [1.165, 1.54) is 0 Å². The van der Waals surface area contributed by atoms with E-state index in [4.69, 9.17) is 0 Å². The molecule has 6 heteroatoms. The van der Waals surface area contributed by atoms with Gasteiger partial charge in [-0.1, -0.05) is 66.2 Å². The predicted octanol–water partition coefficient (Wildman–Crippen LogP) is 4.74. The lowest BCUT2D eigenvalue weighted by atomic mass is 10.2. The highest BCUT2D eigenvalue weighted by Crippen LogP contribution is 2.24. The number of rotatable bonds is 5. The molecule has 6 nitrogen and oxygen atoms in total. The van der Waals surface area contributed by atoms with Gasteiger partial charge in [0, 0.05) is 16.8 Å². The van der Waals surface area contributed by atoms with Crippen LogP contribution in [0, 0.1) is 6.92 Å². The fourth-order valence-electron chi connectivity index (χ4n) is 2.96. The van der Waals surface area contributed by atoms with Crippen LogP contribution in [0.5, 0.6) is 0 Å². The standard InChI is InChI=1S/C24H20N4O2/c1-16-12-14-19(15-13-16)25-22-20(26-23(29)18-10-6-3-7-11-18)24(30)28-21(27-22)17-8-4-2-5-9-17/h2-15H,1H3,(H,26,29)(H2,25,27,28,30). The number of H-pyrrole nitrogens is 1. The van der Waals surface area contributed by atoms with E-state index in [1.54, 1.807) is 24.3 Å². The number of nitrogens with zero attached hydrogens (tertiary/aromatic N) is 1. The van der Waals surface area contributed by atoms with Crippen LogP contribution < -0.4 is 16.2 Å². The van der Waals surface area contributed by atoms with Crippen molar-refractivity contribution in [1.29, 1.82) is 0 Å². The van der Waals surface area contributed by atoms with Gasteiger partial charge in [0.25, 0.3) is 11.5 Å². The molecule has 30 heavy (non-hydrogen) atoms. The van der Waals surface area contributed by atoms with Crippen molar-refractivity contribution in [2.24, 2.45) is 0 Å². The highest BCUT2D eigenvalue weighted by Gasteiger charge is 2.16. The molecule has 0 atom stereocenters. The average Bonchev–Trinajstić information content (AvgIpc) is 2.78. The number of aromatic amines is 1. The highest BCUT2D eigenvalue weighted by molar-refractivity contribution is 6.05. The minimum atomic E-state index is -0.442. The largest absolute Gasteiger partial charge is 0.338 e. The van der Waals surface area contributed by atoms with Crippen molar-refractivity contribution in [2.45, 2.75) is 6.92 Å². The van der Waals surface area contributed by atoms with Crippen LogP contribution in [0.1, 0.15) is 15.9 Å². The molecule has 0 aliphatic carbocycles. The summed E-state index contributed by atoms with van der Waals surface area (Å²) in [6.07, 6.45) is 0. The third kappa shape index (κ3) is 4.28. The van der Waals surface area contributed by atoms with Gasteiger partial charge in [-0.15, -0.1) is 0 Å². The Labute approximate surface area is 173 Å². The van der Waals surface area contributed by atoms with Gasteiger partial charge in [0.2, 0.25) is 0 Å². The summed E-state index contributed by atoms with van der Waals surface area (Å²) in [6.45, 7) is 1.99. The summed E-state index contributed by atoms with van der Waals surface area (Å²) in [6, 6.07) is 25.8. The monoisotopic (exact) mass is 396 g/mol. The maximum atomic E-state index is 12.9. The van der Waals surface area contributed by atoms with E-state index in [9.17, 15) is 9.59 Å². The summed E-state index contributed by atoms with van der Waals surface area (Å²) < 4.78 is 0. The van der Waals surface area contributed by atoms with Crippen molar-refractivity contribution < 1.29 is 4.79 Å². The zero-order valence-corrected chi connectivity index (χ0v) is 16.3. The topological polar surface area (TPSA) is 86.9 Å². The summed E-state index contributed by atoms with van der Waals surface area (Å²) in [7, 11) is 0. The molecule has 0 radical (unpaired) electrons. The number of aryl methyl sites for hydroxylation is 1. The van der Waals surface area contributed by atoms with Crippen molar-refractivity contribution in [3.63, 3.8) is 0 Å². The third-order valence-corrected chi connectivity index (χ3v) is 4.56. The van der Waals surface area contributed by atoms with Gasteiger partial charge >= 0.3 is 0 Å². The third-order valence-electron chi connectivity index (χ3n) is 4.56. The van der Waals surface area contributed by atoms with Crippen molar-refractivity contribution in [1.82, 2.24) is 9.97 Å². The maximum Gasteiger partial charge on any atom is 0.277 e. The lowest BCUT2D eigenvalue weighted by molar-refractivity contribution is 0.102. The molecular weight excluding hydrogens is 376 g/mol. The van der Waals surface area contributed by atoms with Gasteiger partial charge in [0.05, 0.1) is 0 Å². The molecule has 0 spiro atoms. The lowest BCUT2D eigenvalue weighted by Crippen LogP contribution is -2.23. The molecule has 0 saturated heterocycles. The zero-order valence-electron chi connectivity index (χ0n) is 16.3. The highest BCUT2D eigenvalue weighted by atomic mass is 16.2. The number of hydrogen-bond acceptors (Lipinski definition) is 4. The first-order chi connectivity index (χ1) is 14.6. The van der Waals surface area contributed by atoms with Crippen LogP contribution >= 0.6 is 0 Å². The number of hydrogen-bond donors (Lipinski definition) is 3. The first-order valence-electron chi connectivity index (χ1n) is 9.50. The summed E-state index contributed by atoms with van der Waals surface area (Å²) >= 11 is 0. The predicted molar refractivity (Wildman–Crippen MR) is 119 cm³/mol. The quantitative estimate of drug-likeness (QED) is 0.455. The van der Waals surface area contributed by atoms with Crippen LogP contribution in [0.4, 0.5) is 17.2 Å². The molecule has 0 unspecified atom stereocenters. The van der Waals surface area contributed by atoms with Crippen LogP contribution in [-0.2, 0) is 0 Å². The Balaban J connectivity index is 1.76. The number of aromatic nitrogens is 2. The van der Waals surface area contributed by atoms with Gasteiger partial charge < -0.3 is 15.6 Å². The van der Waals surface area contributed by atoms with E-state index >= 15 is 0 Å². The second kappa shape index (κ2) is 8.45. The van der Waals surface area contributed by atoms with Gasteiger partial charge in [-0.2, -0.15) is 0 Å². The van der Waals surface area contributed by atoms with Crippen molar-refractivity contribution in [2.75, 3.05) is 10.6 Å². The number of carbonyl (C=O) groups excluding carboxylic acids is 1. The first-order valence-corrected chi connectivity index (χ1v) is 9.50. The molecule has 1 heterocycles. The smallest absolute Gasteiger partial charge is 0.277 e. The molecule has 0 saturated carbocycles. The Hall–Kier alpha value is -4.19. The lowest BCUT2D eigenvalue weighted by Gasteiger charge is -2.13. The summed E-state index contributed by atoms with van der Waals surface area (Å²) in [5.74, 6) is 0.293. The van der Waals surface area contributed by atoms with E-state index in [1.807, 2.05) is 67.6 Å². The van der Waals surface area contributed by atoms with Crippen LogP contribution in [0.25, 0.3) is 11.4 Å². The summed E-state index contributed by atoms with van der Waals surface area (Å²) in [5, 5.41) is 5.86. The van der Waals surface area contributed by atoms with E-state index in [2.05, 4.69) is 20.6 Å². The average molecular weight is 396 g/mol. The van der Waals surface area contributed by atoms with Crippen molar-refractivity contribution >= 4 is 23.1 Å². The molecule has 0 bridgehead atoms. The molecule has 0 aliphatic rings. The Bertz CT molecular complexity index is 1220. The maximum absolute atomic E-state index is 12.9. The summed E-state index contributed by atoms with van der Waals surface area (Å²) in [5.41, 5.74) is 2.70. The summed E-state index contributed by atoms with van der Waals surface area (Å²) in [4.78, 5) is 32.9. The van der Waals surface area contributed by atoms with E-state index in [-0.39, 0.29) is 17.4 Å². The van der Waals surface area contributed by atoms with Crippen molar-refractivity contribution in [3.8, 4) is 11.4 Å². The number of anilines is 3. The zero-order chi connectivity index (χ0) is 20.9. The normalized spacial score (nSPS) is 10.4. The Kier molecular flexibility index (Phi) is 5.39. The number of nitrogens with one attached hydrogen (secondary N) is 3. The molecule has 3 aromatic carbocycles. The molecule has 0 aliphatic heterocycles. The van der Waals surface area contributed by atoms with Gasteiger partial charge in [0.15, 0.2) is 11.5 Å². The fourth-order valence-corrected chi connectivity index (χ4v) is 2.96. The molecule has 3 N–H and O–H groups in total. The Morgan fingerprint density at radius 3 is 2.17 bits per heavy atom. The van der Waals surface area contributed by atoms with Crippen LogP contribution in [0.3, 0.4) is 0 Å². The van der Waals surface area contributed by atoms with E-state index < -0.39 is 5.56 Å². The SMILES string of the molecule is Cc1ccc(Nc2nc(-c3ccccc3)[nH]c(=O)c2NC(=O)c2ccccc2)cc1. The van der Waals surface area contributed by atoms with Gasteiger partial charge in [-0.05, 0) is 31.2 Å². The molecule has 4 rings (SSSR count). The molecule has 4 aromatic rings. The number of amides is 1. The molecule has 148 valence electrons. The second-order valence-electron chi connectivity index (χ2n) is 6.82. The van der Waals surface area contributed by atoms with Crippen molar-refractivity contribution in [3.05, 3.63) is 106 Å². The van der Waals surface area contributed by atoms with E-state index in [0.717, 1.165) is 16.8 Å². The van der Waals surface area contributed by atoms with Gasteiger partial charge in [-0.25, -0.2) is 4.98 Å². The van der Waals surface area contributed by atoms with Gasteiger partial charge in [-0.3, -0.25) is 9.59 Å². The Morgan fingerprint density at radius 2 is 1.50 bits per heavy atom. The molecule has 1 aromatic heterocycles. The van der Waals surface area contributed by atoms with Crippen LogP contribution in [0.15, 0.2) is 89.7 Å². The molecule has 1 amide bonds. The minimum absolute atomic E-state index is 0.0594. The fraction of sp³-hybridized carbons (Fsp3) is 0.0417. The number of benzene rings is 3. The molecule has 0 fully saturated rings. The first kappa shape index (κ1) is 19.1. The number of carbonyl (C=O) groups is 1. The molecular formula is C24H20N4O2. The van der Waals surface area contributed by atoms with Crippen LogP contribution in [0.2, 0.25) is 0 Å². The van der Waals surface area contributed by atoms with E-state index in [0.29, 0.717) is 11.4 Å². The Morgan fingerprint density at radius 1 is 0.867 bits per heavy atom. The second-order valence-corrected chi connectivity index (χ2v) is 6.82. The van der Waals surface area contributed by atoms with Crippen LogP contribution in [-0.4, -0.2) is 15.9 Å².